The quantitative estimate of drug-likeness (QED) is 0.794. The van der Waals surface area contributed by atoms with E-state index in [1.165, 1.54) is 0 Å². The molecule has 26 heavy (non-hydrogen) atoms. The Kier molecular flexibility index (Phi) is 5.23. The van der Waals surface area contributed by atoms with Gasteiger partial charge < -0.3 is 0 Å². The van der Waals surface area contributed by atoms with Gasteiger partial charge in [0.2, 0.25) is 10.0 Å². The maximum atomic E-state index is 12.7. The first kappa shape index (κ1) is 19.1. The summed E-state index contributed by atoms with van der Waals surface area (Å²) in [5.41, 5.74) is 1.92. The molecule has 1 aromatic carbocycles. The van der Waals surface area contributed by atoms with Crippen LogP contribution >= 0.6 is 0 Å². The minimum Gasteiger partial charge on any atom is -0.264 e. The minimum atomic E-state index is -3.71. The number of hydrogen-bond acceptors (Lipinski definition) is 5. The number of nitrogens with one attached hydrogen (secondary N) is 1. The largest absolute Gasteiger partial charge is 0.264 e. The van der Waals surface area contributed by atoms with Gasteiger partial charge in [0.25, 0.3) is 0 Å². The van der Waals surface area contributed by atoms with Gasteiger partial charge in [-0.3, -0.25) is 4.68 Å². The highest BCUT2D eigenvalue weighted by Crippen LogP contribution is 2.28. The van der Waals surface area contributed by atoms with Gasteiger partial charge in [0.15, 0.2) is 9.84 Å². The van der Waals surface area contributed by atoms with Gasteiger partial charge in [-0.1, -0.05) is 30.3 Å². The monoisotopic (exact) mass is 397 g/mol. The highest BCUT2D eigenvalue weighted by atomic mass is 32.2. The van der Waals surface area contributed by atoms with Crippen LogP contribution in [0.3, 0.4) is 0 Å². The van der Waals surface area contributed by atoms with E-state index < -0.39 is 19.9 Å². The van der Waals surface area contributed by atoms with Gasteiger partial charge in [-0.25, -0.2) is 21.6 Å². The smallest absolute Gasteiger partial charge is 0.244 e. The van der Waals surface area contributed by atoms with Crippen molar-refractivity contribution in [1.29, 1.82) is 0 Å². The zero-order valence-electron chi connectivity index (χ0n) is 14.8. The summed E-state index contributed by atoms with van der Waals surface area (Å²) in [4.78, 5) is 0.148. The van der Waals surface area contributed by atoms with Gasteiger partial charge in [0.1, 0.15) is 4.90 Å². The fourth-order valence-corrected chi connectivity index (χ4v) is 6.53. The van der Waals surface area contributed by atoms with Crippen LogP contribution < -0.4 is 4.72 Å². The molecule has 2 aromatic rings. The molecular formula is C17H23N3O4S2. The van der Waals surface area contributed by atoms with Crippen LogP contribution in [0.15, 0.2) is 35.2 Å². The van der Waals surface area contributed by atoms with Gasteiger partial charge in [0, 0.05) is 6.54 Å². The zero-order chi connectivity index (χ0) is 18.9. The summed E-state index contributed by atoms with van der Waals surface area (Å²) in [7, 11) is -6.78. The van der Waals surface area contributed by atoms with Crippen molar-refractivity contribution in [3.8, 4) is 0 Å². The standard InChI is InChI=1S/C17H23N3O4S2/c1-13-17(14(2)20(19-13)16-9-11-25(21,22)12-16)26(23,24)18-10-8-15-6-4-3-5-7-15/h3-7,16,18H,8-12H2,1-2H3. The lowest BCUT2D eigenvalue weighted by atomic mass is 10.2. The fourth-order valence-electron chi connectivity index (χ4n) is 3.41. The fraction of sp³-hybridized carbons (Fsp3) is 0.471. The van der Waals surface area contributed by atoms with Crippen molar-refractivity contribution >= 4 is 19.9 Å². The van der Waals surface area contributed by atoms with E-state index >= 15 is 0 Å². The molecule has 3 rings (SSSR count). The van der Waals surface area contributed by atoms with E-state index in [4.69, 9.17) is 0 Å². The van der Waals surface area contributed by atoms with Gasteiger partial charge in [0.05, 0.1) is 28.9 Å². The average Bonchev–Trinajstić information content (AvgIpc) is 3.07. The molecule has 0 aliphatic carbocycles. The normalized spacial score (nSPS) is 19.7. The molecular weight excluding hydrogens is 374 g/mol. The van der Waals surface area contributed by atoms with E-state index in [2.05, 4.69) is 9.82 Å². The molecule has 0 spiro atoms. The average molecular weight is 398 g/mol. The molecule has 1 unspecified atom stereocenters. The predicted molar refractivity (Wildman–Crippen MR) is 99.3 cm³/mol. The van der Waals surface area contributed by atoms with Gasteiger partial charge in [-0.2, -0.15) is 5.10 Å². The Labute approximate surface area is 154 Å². The molecule has 0 radical (unpaired) electrons. The van der Waals surface area contributed by atoms with Crippen LogP contribution in [-0.2, 0) is 26.3 Å². The first-order valence-electron chi connectivity index (χ1n) is 8.49. The van der Waals surface area contributed by atoms with Gasteiger partial charge >= 0.3 is 0 Å². The molecule has 1 saturated heterocycles. The van der Waals surface area contributed by atoms with Crippen LogP contribution in [0.1, 0.15) is 29.4 Å². The van der Waals surface area contributed by atoms with Gasteiger partial charge in [-0.15, -0.1) is 0 Å². The Bertz CT molecular complexity index is 996. The summed E-state index contributed by atoms with van der Waals surface area (Å²) < 4.78 is 53.1. The number of sulfonamides is 1. The number of aromatic nitrogens is 2. The SMILES string of the molecule is Cc1nn(C2CCS(=O)(=O)C2)c(C)c1S(=O)(=O)NCCc1ccccc1. The maximum Gasteiger partial charge on any atom is 0.244 e. The lowest BCUT2D eigenvalue weighted by Gasteiger charge is -2.12. The number of rotatable bonds is 6. The lowest BCUT2D eigenvalue weighted by Crippen LogP contribution is -2.27. The third-order valence-corrected chi connectivity index (χ3v) is 8.09. The lowest BCUT2D eigenvalue weighted by molar-refractivity contribution is 0.484. The summed E-state index contributed by atoms with van der Waals surface area (Å²) in [6.07, 6.45) is 1.05. The van der Waals surface area contributed by atoms with Gasteiger partial charge in [-0.05, 0) is 32.3 Å². The van der Waals surface area contributed by atoms with Crippen molar-refractivity contribution in [3.05, 3.63) is 47.3 Å². The van der Waals surface area contributed by atoms with Crippen LogP contribution in [0, 0.1) is 13.8 Å². The van der Waals surface area contributed by atoms with E-state index in [0.29, 0.717) is 24.2 Å². The van der Waals surface area contributed by atoms with Crippen LogP contribution in [0.4, 0.5) is 0 Å². The number of nitrogens with zero attached hydrogens (tertiary/aromatic N) is 2. The summed E-state index contributed by atoms with van der Waals surface area (Å²) in [6.45, 7) is 3.60. The molecule has 9 heteroatoms. The molecule has 2 heterocycles. The second-order valence-electron chi connectivity index (χ2n) is 6.63. The molecule has 142 valence electrons. The summed E-state index contributed by atoms with van der Waals surface area (Å²) in [5.74, 6) is 0.128. The van der Waals surface area contributed by atoms with Crippen molar-refractivity contribution in [3.63, 3.8) is 0 Å². The Morgan fingerprint density at radius 2 is 1.92 bits per heavy atom. The second-order valence-corrected chi connectivity index (χ2v) is 10.6. The highest BCUT2D eigenvalue weighted by Gasteiger charge is 2.33. The molecule has 0 amide bonds. The Balaban J connectivity index is 1.77. The molecule has 1 atom stereocenters. The van der Waals surface area contributed by atoms with Crippen molar-refractivity contribution in [2.45, 2.75) is 37.6 Å². The molecule has 1 aromatic heterocycles. The molecule has 1 aliphatic heterocycles. The molecule has 0 bridgehead atoms. The van der Waals surface area contributed by atoms with Crippen LogP contribution in [-0.4, -0.2) is 44.7 Å². The van der Waals surface area contributed by atoms with Crippen molar-refractivity contribution in [2.75, 3.05) is 18.1 Å². The van der Waals surface area contributed by atoms with E-state index in [0.717, 1.165) is 5.56 Å². The highest BCUT2D eigenvalue weighted by molar-refractivity contribution is 7.91. The van der Waals surface area contributed by atoms with E-state index in [1.807, 2.05) is 30.3 Å². The van der Waals surface area contributed by atoms with Crippen molar-refractivity contribution in [2.24, 2.45) is 0 Å². The number of sulfone groups is 1. The number of aryl methyl sites for hydroxylation is 1. The van der Waals surface area contributed by atoms with E-state index in [-0.39, 0.29) is 29.0 Å². The first-order valence-corrected chi connectivity index (χ1v) is 11.8. The van der Waals surface area contributed by atoms with Crippen LogP contribution in [0.25, 0.3) is 0 Å². The Hall–Kier alpha value is -1.71. The van der Waals surface area contributed by atoms with E-state index in [9.17, 15) is 16.8 Å². The molecule has 0 saturated carbocycles. The first-order chi connectivity index (χ1) is 12.2. The summed E-state index contributed by atoms with van der Waals surface area (Å²) >= 11 is 0. The topological polar surface area (TPSA) is 98.1 Å². The van der Waals surface area contributed by atoms with Crippen molar-refractivity contribution < 1.29 is 16.8 Å². The van der Waals surface area contributed by atoms with Crippen LogP contribution in [0.5, 0.6) is 0 Å². The Morgan fingerprint density at radius 1 is 1.23 bits per heavy atom. The molecule has 1 N–H and O–H groups in total. The molecule has 1 fully saturated rings. The third kappa shape index (κ3) is 3.99. The Morgan fingerprint density at radius 3 is 2.54 bits per heavy atom. The number of hydrogen-bond donors (Lipinski definition) is 1. The third-order valence-electron chi connectivity index (χ3n) is 4.63. The zero-order valence-corrected chi connectivity index (χ0v) is 16.5. The summed E-state index contributed by atoms with van der Waals surface area (Å²) in [5, 5.41) is 4.32. The van der Waals surface area contributed by atoms with E-state index in [1.54, 1.807) is 18.5 Å². The molecule has 1 aliphatic rings. The minimum absolute atomic E-state index is 0.00980. The maximum absolute atomic E-state index is 12.7. The van der Waals surface area contributed by atoms with Crippen LogP contribution in [0.2, 0.25) is 0 Å². The molecule has 7 nitrogen and oxygen atoms in total. The summed E-state index contributed by atoms with van der Waals surface area (Å²) in [6, 6.07) is 9.34. The number of benzene rings is 1. The second kappa shape index (κ2) is 7.13. The predicted octanol–water partition coefficient (Wildman–Crippen LogP) is 1.38. The van der Waals surface area contributed by atoms with Crippen molar-refractivity contribution in [1.82, 2.24) is 14.5 Å².